The third kappa shape index (κ3) is 3.82. The molecule has 3 heterocycles. The molecule has 0 fully saturated rings. The zero-order valence-corrected chi connectivity index (χ0v) is 19.7. The van der Waals surface area contributed by atoms with Gasteiger partial charge in [0.1, 0.15) is 18.4 Å². The van der Waals surface area contributed by atoms with Gasteiger partial charge in [0.05, 0.1) is 21.9 Å². The molecule has 172 valence electrons. The van der Waals surface area contributed by atoms with Crippen LogP contribution in [-0.4, -0.2) is 33.9 Å². The van der Waals surface area contributed by atoms with Crippen LogP contribution in [-0.2, 0) is 4.79 Å². The predicted octanol–water partition coefficient (Wildman–Crippen LogP) is 5.66. The molecule has 1 atom stereocenters. The zero-order valence-electron chi connectivity index (χ0n) is 18.9. The van der Waals surface area contributed by atoms with E-state index >= 15 is 0 Å². The number of nitrogens with zero attached hydrogens (tertiary/aromatic N) is 3. The van der Waals surface area contributed by atoms with Gasteiger partial charge in [-0.15, -0.1) is 11.3 Å². The number of benzene rings is 2. The molecule has 0 saturated carbocycles. The first-order chi connectivity index (χ1) is 16.5. The number of carbonyl (C=O) groups excluding carboxylic acids is 2. The number of carbonyl (C=O) groups is 2. The molecule has 5 nitrogen and oxygen atoms in total. The molecule has 2 aromatic carbocycles. The van der Waals surface area contributed by atoms with Gasteiger partial charge in [-0.3, -0.25) is 14.5 Å². The molecule has 0 radical (unpaired) electrons. The maximum Gasteiger partial charge on any atom is 0.264 e. The first-order valence-electron chi connectivity index (χ1n) is 11.1. The molecule has 7 heteroatoms. The fourth-order valence-electron chi connectivity index (χ4n) is 4.48. The van der Waals surface area contributed by atoms with Crippen molar-refractivity contribution >= 4 is 28.8 Å². The van der Waals surface area contributed by atoms with Crippen LogP contribution in [0.4, 0.5) is 10.1 Å². The Bertz CT molecular complexity index is 1330. The summed E-state index contributed by atoms with van der Waals surface area (Å²) in [6.45, 7) is 3.75. The van der Waals surface area contributed by atoms with Gasteiger partial charge in [0.2, 0.25) is 5.91 Å². The van der Waals surface area contributed by atoms with Gasteiger partial charge in [-0.1, -0.05) is 30.3 Å². The second-order valence-electron chi connectivity index (χ2n) is 8.51. The highest BCUT2D eigenvalue weighted by Crippen LogP contribution is 2.42. The second kappa shape index (κ2) is 8.91. The minimum atomic E-state index is -0.455. The number of thiophene rings is 1. The standard InChI is InChI=1S/C27H24FN3O2S/c1-18(2)30(27(33)24-10-6-16-34-24)17-25(32)31-22-8-4-3-7-21(22)29-15-5-9-23(29)26(31)19-11-13-20(28)14-12-19/h3-16,18,26H,17H2,1-2H3. The second-order valence-corrected chi connectivity index (χ2v) is 9.46. The Morgan fingerprint density at radius 2 is 1.71 bits per heavy atom. The van der Waals surface area contributed by atoms with E-state index in [-0.39, 0.29) is 30.2 Å². The van der Waals surface area contributed by atoms with Gasteiger partial charge in [-0.25, -0.2) is 4.39 Å². The third-order valence-electron chi connectivity index (χ3n) is 6.10. The topological polar surface area (TPSA) is 45.6 Å². The molecule has 34 heavy (non-hydrogen) atoms. The molecule has 0 spiro atoms. The van der Waals surface area contributed by atoms with Gasteiger partial charge >= 0.3 is 0 Å². The summed E-state index contributed by atoms with van der Waals surface area (Å²) in [5, 5.41) is 1.85. The van der Waals surface area contributed by atoms with Crippen LogP contribution in [0.25, 0.3) is 5.69 Å². The molecular weight excluding hydrogens is 449 g/mol. The highest BCUT2D eigenvalue weighted by molar-refractivity contribution is 7.12. The normalized spacial score (nSPS) is 14.6. The highest BCUT2D eigenvalue weighted by atomic mass is 32.1. The van der Waals surface area contributed by atoms with Crippen molar-refractivity contribution in [1.82, 2.24) is 9.47 Å². The molecule has 2 aromatic heterocycles. The predicted molar refractivity (Wildman–Crippen MR) is 132 cm³/mol. The first-order valence-corrected chi connectivity index (χ1v) is 12.0. The summed E-state index contributed by atoms with van der Waals surface area (Å²) >= 11 is 1.36. The Hall–Kier alpha value is -3.71. The third-order valence-corrected chi connectivity index (χ3v) is 6.95. The summed E-state index contributed by atoms with van der Waals surface area (Å²) in [5.74, 6) is -0.695. The van der Waals surface area contributed by atoms with E-state index in [9.17, 15) is 14.0 Å². The molecule has 0 aliphatic carbocycles. The lowest BCUT2D eigenvalue weighted by molar-refractivity contribution is -0.120. The Morgan fingerprint density at radius 3 is 2.38 bits per heavy atom. The van der Waals surface area contributed by atoms with E-state index in [0.717, 1.165) is 22.6 Å². The van der Waals surface area contributed by atoms with E-state index in [1.54, 1.807) is 28.0 Å². The summed E-state index contributed by atoms with van der Waals surface area (Å²) in [6, 6.07) is 20.9. The molecule has 5 rings (SSSR count). The summed E-state index contributed by atoms with van der Waals surface area (Å²) in [7, 11) is 0. The number of aromatic nitrogens is 1. The average Bonchev–Trinajstić information content (AvgIpc) is 3.54. The van der Waals surface area contributed by atoms with Crippen molar-refractivity contribution < 1.29 is 14.0 Å². The van der Waals surface area contributed by atoms with Crippen LogP contribution in [0.1, 0.15) is 40.8 Å². The number of rotatable bonds is 5. The lowest BCUT2D eigenvalue weighted by atomic mass is 9.97. The summed E-state index contributed by atoms with van der Waals surface area (Å²) in [6.07, 6.45) is 1.97. The first kappa shape index (κ1) is 22.1. The molecule has 0 N–H and O–H groups in total. The molecule has 1 unspecified atom stereocenters. The maximum absolute atomic E-state index is 14.0. The van der Waals surface area contributed by atoms with Gasteiger partial charge in [-0.2, -0.15) is 0 Å². The average molecular weight is 474 g/mol. The molecular formula is C27H24FN3O2S. The number of hydrogen-bond donors (Lipinski definition) is 0. The quantitative estimate of drug-likeness (QED) is 0.375. The number of amides is 2. The largest absolute Gasteiger partial charge is 0.326 e. The lowest BCUT2D eigenvalue weighted by Crippen LogP contribution is -2.48. The van der Waals surface area contributed by atoms with E-state index in [4.69, 9.17) is 0 Å². The van der Waals surface area contributed by atoms with E-state index in [2.05, 4.69) is 4.57 Å². The van der Waals surface area contributed by atoms with Crippen LogP contribution < -0.4 is 4.90 Å². The van der Waals surface area contributed by atoms with Crippen molar-refractivity contribution in [3.8, 4) is 5.69 Å². The molecule has 0 saturated heterocycles. The molecule has 4 aromatic rings. The molecule has 0 bridgehead atoms. The van der Waals surface area contributed by atoms with Crippen LogP contribution >= 0.6 is 11.3 Å². The Balaban J connectivity index is 1.59. The Kier molecular flexibility index (Phi) is 5.79. The smallest absolute Gasteiger partial charge is 0.264 e. The Morgan fingerprint density at radius 1 is 0.971 bits per heavy atom. The van der Waals surface area contributed by atoms with Gasteiger partial charge in [-0.05, 0) is 67.3 Å². The highest BCUT2D eigenvalue weighted by Gasteiger charge is 2.37. The molecule has 1 aliphatic heterocycles. The lowest BCUT2D eigenvalue weighted by Gasteiger charge is -2.40. The minimum Gasteiger partial charge on any atom is -0.326 e. The van der Waals surface area contributed by atoms with Crippen molar-refractivity contribution in [2.24, 2.45) is 0 Å². The molecule has 2 amide bonds. The van der Waals surface area contributed by atoms with Crippen molar-refractivity contribution in [2.75, 3.05) is 11.4 Å². The van der Waals surface area contributed by atoms with E-state index in [1.165, 1.54) is 23.5 Å². The van der Waals surface area contributed by atoms with Gasteiger partial charge in [0.25, 0.3) is 5.91 Å². The SMILES string of the molecule is CC(C)N(CC(=O)N1c2ccccc2-n2cccc2C1c1ccc(F)cc1)C(=O)c1cccs1. The number of halogens is 1. The fourth-order valence-corrected chi connectivity index (χ4v) is 5.15. The summed E-state index contributed by atoms with van der Waals surface area (Å²) in [5.41, 5.74) is 3.33. The number of anilines is 1. The Labute approximate surface area is 201 Å². The van der Waals surface area contributed by atoms with Gasteiger partial charge in [0.15, 0.2) is 0 Å². The van der Waals surface area contributed by atoms with Crippen molar-refractivity contribution in [1.29, 1.82) is 0 Å². The van der Waals surface area contributed by atoms with Crippen LogP contribution in [0, 0.1) is 5.82 Å². The fraction of sp³-hybridized carbons (Fsp3) is 0.185. The van der Waals surface area contributed by atoms with E-state index in [0.29, 0.717) is 4.88 Å². The van der Waals surface area contributed by atoms with Crippen molar-refractivity contribution in [2.45, 2.75) is 25.9 Å². The van der Waals surface area contributed by atoms with E-state index in [1.807, 2.05) is 67.9 Å². The zero-order chi connectivity index (χ0) is 23.8. The van der Waals surface area contributed by atoms with Crippen LogP contribution in [0.15, 0.2) is 84.4 Å². The monoisotopic (exact) mass is 473 g/mol. The summed E-state index contributed by atoms with van der Waals surface area (Å²) < 4.78 is 15.8. The van der Waals surface area contributed by atoms with Crippen molar-refractivity contribution in [3.63, 3.8) is 0 Å². The molecule has 1 aliphatic rings. The van der Waals surface area contributed by atoms with E-state index < -0.39 is 6.04 Å². The summed E-state index contributed by atoms with van der Waals surface area (Å²) in [4.78, 5) is 31.1. The number of fused-ring (bicyclic) bond motifs is 3. The van der Waals surface area contributed by atoms with Crippen LogP contribution in [0.5, 0.6) is 0 Å². The number of para-hydroxylation sites is 2. The minimum absolute atomic E-state index is 0.0683. The van der Waals surface area contributed by atoms with Crippen LogP contribution in [0.2, 0.25) is 0 Å². The van der Waals surface area contributed by atoms with Gasteiger partial charge in [0, 0.05) is 12.2 Å². The van der Waals surface area contributed by atoms with Crippen molar-refractivity contribution in [3.05, 3.63) is 106 Å². The number of hydrogen-bond acceptors (Lipinski definition) is 3. The van der Waals surface area contributed by atoms with Crippen LogP contribution in [0.3, 0.4) is 0 Å². The maximum atomic E-state index is 14.0. The van der Waals surface area contributed by atoms with Gasteiger partial charge < -0.3 is 9.47 Å².